The molecular weight excluding hydrogens is 299 g/mol. The molecule has 1 atom stereocenters. The second-order valence-corrected chi connectivity index (χ2v) is 4.62. The standard InChI is InChI=1S/C14H10ClFN2O3/c15-13(9-4-2-1-3-5-9)14(19)17-10-6-7-12(18(20)21)11(16)8-10/h1-8,13H,(H,17,19). The molecule has 2 rings (SSSR count). The highest BCUT2D eigenvalue weighted by Crippen LogP contribution is 2.24. The van der Waals surface area contributed by atoms with Gasteiger partial charge in [-0.3, -0.25) is 14.9 Å². The molecule has 0 aliphatic heterocycles. The monoisotopic (exact) mass is 308 g/mol. The maximum absolute atomic E-state index is 13.4. The van der Waals surface area contributed by atoms with Crippen LogP contribution in [0, 0.1) is 15.9 Å². The molecular formula is C14H10ClFN2O3. The van der Waals surface area contributed by atoms with Crippen LogP contribution in [-0.4, -0.2) is 10.8 Å². The van der Waals surface area contributed by atoms with Crippen molar-refractivity contribution in [2.75, 3.05) is 5.32 Å². The number of carbonyl (C=O) groups excluding carboxylic acids is 1. The van der Waals surface area contributed by atoms with Crippen molar-refractivity contribution in [3.05, 3.63) is 70.0 Å². The minimum absolute atomic E-state index is 0.102. The minimum Gasteiger partial charge on any atom is -0.324 e. The number of nitrogens with one attached hydrogen (secondary N) is 1. The van der Waals surface area contributed by atoms with E-state index in [1.807, 2.05) is 0 Å². The molecule has 0 saturated heterocycles. The summed E-state index contributed by atoms with van der Waals surface area (Å²) < 4.78 is 13.4. The first-order valence-electron chi connectivity index (χ1n) is 5.93. The van der Waals surface area contributed by atoms with Crippen LogP contribution in [0.25, 0.3) is 0 Å². The number of carbonyl (C=O) groups is 1. The number of anilines is 1. The molecule has 1 N–H and O–H groups in total. The van der Waals surface area contributed by atoms with Gasteiger partial charge in [0.15, 0.2) is 0 Å². The van der Waals surface area contributed by atoms with E-state index in [0.717, 1.165) is 12.1 Å². The molecule has 0 aliphatic rings. The average molecular weight is 309 g/mol. The molecule has 0 radical (unpaired) electrons. The number of nitrogens with zero attached hydrogens (tertiary/aromatic N) is 1. The quantitative estimate of drug-likeness (QED) is 0.532. The summed E-state index contributed by atoms with van der Waals surface area (Å²) in [6.45, 7) is 0. The van der Waals surface area contributed by atoms with E-state index >= 15 is 0 Å². The summed E-state index contributed by atoms with van der Waals surface area (Å²) in [7, 11) is 0. The molecule has 0 saturated carbocycles. The molecule has 2 aromatic rings. The van der Waals surface area contributed by atoms with E-state index in [1.54, 1.807) is 30.3 Å². The van der Waals surface area contributed by atoms with E-state index in [-0.39, 0.29) is 5.69 Å². The van der Waals surface area contributed by atoms with Gasteiger partial charge in [0.05, 0.1) is 4.92 Å². The smallest absolute Gasteiger partial charge is 0.304 e. The van der Waals surface area contributed by atoms with Gasteiger partial charge in [0.25, 0.3) is 0 Å². The Morgan fingerprint density at radius 2 is 1.90 bits per heavy atom. The summed E-state index contributed by atoms with van der Waals surface area (Å²) in [6, 6.07) is 11.8. The number of amides is 1. The SMILES string of the molecule is O=C(Nc1ccc([N+](=O)[O-])c(F)c1)C(Cl)c1ccccc1. The topological polar surface area (TPSA) is 72.2 Å². The van der Waals surface area contributed by atoms with Gasteiger partial charge in [-0.05, 0) is 11.6 Å². The van der Waals surface area contributed by atoms with Crippen LogP contribution in [0.2, 0.25) is 0 Å². The molecule has 5 nitrogen and oxygen atoms in total. The zero-order chi connectivity index (χ0) is 15.4. The maximum atomic E-state index is 13.4. The Balaban J connectivity index is 2.13. The lowest BCUT2D eigenvalue weighted by Crippen LogP contribution is -2.17. The Hall–Kier alpha value is -2.47. The third-order valence-electron chi connectivity index (χ3n) is 2.73. The number of rotatable bonds is 4. The van der Waals surface area contributed by atoms with Crippen LogP contribution < -0.4 is 5.32 Å². The first-order chi connectivity index (χ1) is 9.99. The van der Waals surface area contributed by atoms with E-state index in [4.69, 9.17) is 11.6 Å². The fraction of sp³-hybridized carbons (Fsp3) is 0.0714. The molecule has 21 heavy (non-hydrogen) atoms. The largest absolute Gasteiger partial charge is 0.324 e. The van der Waals surface area contributed by atoms with Crippen LogP contribution in [0.15, 0.2) is 48.5 Å². The van der Waals surface area contributed by atoms with Gasteiger partial charge >= 0.3 is 5.69 Å². The molecule has 7 heteroatoms. The van der Waals surface area contributed by atoms with Gasteiger partial charge in [0.1, 0.15) is 5.38 Å². The molecule has 1 unspecified atom stereocenters. The van der Waals surface area contributed by atoms with Gasteiger partial charge < -0.3 is 5.32 Å². The highest BCUT2D eigenvalue weighted by Gasteiger charge is 2.19. The Kier molecular flexibility index (Phi) is 4.49. The lowest BCUT2D eigenvalue weighted by molar-refractivity contribution is -0.387. The zero-order valence-electron chi connectivity index (χ0n) is 10.6. The molecule has 0 aromatic heterocycles. The highest BCUT2D eigenvalue weighted by molar-refractivity contribution is 6.32. The Morgan fingerprint density at radius 1 is 1.24 bits per heavy atom. The number of alkyl halides is 1. The Labute approximate surface area is 124 Å². The van der Waals surface area contributed by atoms with Gasteiger partial charge in [-0.1, -0.05) is 30.3 Å². The summed E-state index contributed by atoms with van der Waals surface area (Å²) in [6.07, 6.45) is 0. The van der Waals surface area contributed by atoms with Crippen molar-refractivity contribution < 1.29 is 14.1 Å². The fourth-order valence-electron chi connectivity index (χ4n) is 1.71. The average Bonchev–Trinajstić information content (AvgIpc) is 2.47. The number of nitro groups is 1. The molecule has 0 fully saturated rings. The zero-order valence-corrected chi connectivity index (χ0v) is 11.4. The predicted octanol–water partition coefficient (Wildman–Crippen LogP) is 3.65. The molecule has 0 aliphatic carbocycles. The molecule has 0 bridgehead atoms. The molecule has 1 amide bonds. The Bertz CT molecular complexity index is 679. The van der Waals surface area contributed by atoms with Crippen molar-refractivity contribution in [1.82, 2.24) is 0 Å². The highest BCUT2D eigenvalue weighted by atomic mass is 35.5. The van der Waals surface area contributed by atoms with Crippen molar-refractivity contribution in [3.63, 3.8) is 0 Å². The number of nitro benzene ring substituents is 1. The molecule has 108 valence electrons. The first kappa shape index (κ1) is 14.9. The van der Waals surface area contributed by atoms with E-state index in [0.29, 0.717) is 5.56 Å². The predicted molar refractivity (Wildman–Crippen MR) is 76.7 cm³/mol. The van der Waals surface area contributed by atoms with Gasteiger partial charge in [-0.15, -0.1) is 11.6 Å². The minimum atomic E-state index is -1.02. The fourth-order valence-corrected chi connectivity index (χ4v) is 1.91. The Morgan fingerprint density at radius 3 is 2.48 bits per heavy atom. The summed E-state index contributed by atoms with van der Waals surface area (Å²) in [4.78, 5) is 21.6. The van der Waals surface area contributed by atoms with Crippen molar-refractivity contribution in [3.8, 4) is 0 Å². The van der Waals surface area contributed by atoms with Crippen LogP contribution in [0.5, 0.6) is 0 Å². The third-order valence-corrected chi connectivity index (χ3v) is 3.18. The summed E-state index contributed by atoms with van der Waals surface area (Å²) in [5, 5.41) is 12.0. The second-order valence-electron chi connectivity index (χ2n) is 4.19. The van der Waals surface area contributed by atoms with Crippen molar-refractivity contribution >= 4 is 28.9 Å². The van der Waals surface area contributed by atoms with Crippen molar-refractivity contribution in [1.29, 1.82) is 0 Å². The number of halogens is 2. The summed E-state index contributed by atoms with van der Waals surface area (Å²) >= 11 is 6.01. The van der Waals surface area contributed by atoms with E-state index in [1.165, 1.54) is 6.07 Å². The van der Waals surface area contributed by atoms with Crippen LogP contribution in [0.3, 0.4) is 0 Å². The van der Waals surface area contributed by atoms with Crippen LogP contribution in [0.1, 0.15) is 10.9 Å². The number of hydrogen-bond donors (Lipinski definition) is 1. The normalized spacial score (nSPS) is 11.7. The van der Waals surface area contributed by atoms with E-state index < -0.39 is 27.7 Å². The molecule has 2 aromatic carbocycles. The number of benzene rings is 2. The van der Waals surface area contributed by atoms with Crippen molar-refractivity contribution in [2.45, 2.75) is 5.38 Å². The third kappa shape index (κ3) is 3.55. The van der Waals surface area contributed by atoms with E-state index in [9.17, 15) is 19.3 Å². The lowest BCUT2D eigenvalue weighted by atomic mass is 10.1. The lowest BCUT2D eigenvalue weighted by Gasteiger charge is -2.10. The van der Waals surface area contributed by atoms with Gasteiger partial charge in [0.2, 0.25) is 11.7 Å². The van der Waals surface area contributed by atoms with Gasteiger partial charge in [-0.2, -0.15) is 4.39 Å². The second kappa shape index (κ2) is 6.32. The molecule has 0 spiro atoms. The summed E-state index contributed by atoms with van der Waals surface area (Å²) in [5.41, 5.74) is 0.0437. The van der Waals surface area contributed by atoms with Gasteiger partial charge in [0, 0.05) is 17.8 Å². The van der Waals surface area contributed by atoms with E-state index in [2.05, 4.69) is 5.32 Å². The number of hydrogen-bond acceptors (Lipinski definition) is 3. The first-order valence-corrected chi connectivity index (χ1v) is 6.36. The van der Waals surface area contributed by atoms with Crippen LogP contribution in [0.4, 0.5) is 15.8 Å². The van der Waals surface area contributed by atoms with Crippen LogP contribution in [-0.2, 0) is 4.79 Å². The van der Waals surface area contributed by atoms with Crippen molar-refractivity contribution in [2.24, 2.45) is 0 Å². The summed E-state index contributed by atoms with van der Waals surface area (Å²) in [5.74, 6) is -1.57. The van der Waals surface area contributed by atoms with Gasteiger partial charge in [-0.25, -0.2) is 0 Å². The van der Waals surface area contributed by atoms with Crippen LogP contribution >= 0.6 is 11.6 Å². The maximum Gasteiger partial charge on any atom is 0.304 e. The molecule has 0 heterocycles.